The quantitative estimate of drug-likeness (QED) is 0.196. The van der Waals surface area contributed by atoms with Gasteiger partial charge in [-0.15, -0.1) is 0 Å². The lowest BCUT2D eigenvalue weighted by atomic mass is 9.78. The average Bonchev–Trinajstić information content (AvgIpc) is 2.94. The van der Waals surface area contributed by atoms with Crippen molar-refractivity contribution in [2.75, 3.05) is 0 Å². The Morgan fingerprint density at radius 3 is 1.00 bits per heavy atom. The van der Waals surface area contributed by atoms with Gasteiger partial charge >= 0.3 is 0 Å². The lowest BCUT2D eigenvalue weighted by molar-refractivity contribution is 0.447. The molecule has 0 aliphatic rings. The molecule has 2 N–H and O–H groups in total. The molecule has 4 rings (SSSR count). The van der Waals surface area contributed by atoms with E-state index < -0.39 is 0 Å². The molecule has 0 fully saturated rings. The first kappa shape index (κ1) is 37.3. The molecular weight excluding hydrogens is 585 g/mol. The van der Waals surface area contributed by atoms with Crippen molar-refractivity contribution in [3.63, 3.8) is 0 Å². The summed E-state index contributed by atoms with van der Waals surface area (Å²) in [5.41, 5.74) is 13.1. The van der Waals surface area contributed by atoms with Crippen molar-refractivity contribution in [2.45, 2.75) is 144 Å². The first-order valence-corrected chi connectivity index (χ1v) is 17.9. The van der Waals surface area contributed by atoms with Crippen LogP contribution in [0.5, 0.6) is 11.5 Å². The second-order valence-electron chi connectivity index (χ2n) is 18.4. The smallest absolute Gasteiger partial charge is 0.127 e. The van der Waals surface area contributed by atoms with Crippen molar-refractivity contribution in [3.8, 4) is 33.8 Å². The zero-order valence-corrected chi connectivity index (χ0v) is 32.5. The van der Waals surface area contributed by atoms with E-state index in [1.54, 1.807) is 0 Å². The highest BCUT2D eigenvalue weighted by Crippen LogP contribution is 2.45. The minimum Gasteiger partial charge on any atom is -0.507 e. The third-order valence-electron chi connectivity index (χ3n) is 9.68. The van der Waals surface area contributed by atoms with E-state index in [9.17, 15) is 10.2 Å². The van der Waals surface area contributed by atoms with Crippen molar-refractivity contribution in [1.82, 2.24) is 0 Å². The van der Waals surface area contributed by atoms with Gasteiger partial charge in [0, 0.05) is 22.3 Å². The first-order valence-electron chi connectivity index (χ1n) is 17.9. The third kappa shape index (κ3) is 8.36. The molecule has 0 aliphatic carbocycles. The number of aromatic hydroxyl groups is 2. The highest BCUT2D eigenvalue weighted by Gasteiger charge is 2.27. The molecular formula is C46H62O2. The molecule has 0 atom stereocenters. The van der Waals surface area contributed by atoms with Gasteiger partial charge in [-0.1, -0.05) is 143 Å². The van der Waals surface area contributed by atoms with Crippen LogP contribution in [0.25, 0.3) is 22.3 Å². The van der Waals surface area contributed by atoms with E-state index in [0.717, 1.165) is 59.1 Å². The number of aryl methyl sites for hydroxylation is 4. The monoisotopic (exact) mass is 646 g/mol. The van der Waals surface area contributed by atoms with Crippen LogP contribution in [0.1, 0.15) is 140 Å². The molecule has 0 aliphatic heterocycles. The SMILES string of the molecule is Cc1ccc(C(C)(C)C)c(-c2cc(CCCCc3cc(-c4cc(C)ccc4C(C)(C)C)c(O)c(C(C)(C)C)c3)cc(C(C)(C)C)c2O)c1. The van der Waals surface area contributed by atoms with E-state index in [0.29, 0.717) is 11.5 Å². The minimum atomic E-state index is -0.186. The van der Waals surface area contributed by atoms with Gasteiger partial charge < -0.3 is 10.2 Å². The summed E-state index contributed by atoms with van der Waals surface area (Å²) in [7, 11) is 0. The molecule has 0 unspecified atom stereocenters. The molecule has 0 radical (unpaired) electrons. The Morgan fingerprint density at radius 1 is 0.396 bits per heavy atom. The number of phenols is 2. The molecule has 2 heteroatoms. The van der Waals surface area contributed by atoms with E-state index in [4.69, 9.17) is 0 Å². The van der Waals surface area contributed by atoms with Crippen LogP contribution in [0.2, 0.25) is 0 Å². The molecule has 4 aromatic rings. The number of hydrogen-bond acceptors (Lipinski definition) is 2. The van der Waals surface area contributed by atoms with Crippen molar-refractivity contribution < 1.29 is 10.2 Å². The van der Waals surface area contributed by atoms with E-state index in [2.05, 4.69) is 158 Å². The van der Waals surface area contributed by atoms with Gasteiger partial charge in [0.25, 0.3) is 0 Å². The van der Waals surface area contributed by atoms with Crippen LogP contribution in [-0.4, -0.2) is 10.2 Å². The van der Waals surface area contributed by atoms with Gasteiger partial charge in [0.05, 0.1) is 0 Å². The number of unbranched alkanes of at least 4 members (excludes halogenated alkanes) is 1. The van der Waals surface area contributed by atoms with E-state index in [1.165, 1.54) is 33.4 Å². The zero-order chi connectivity index (χ0) is 36.0. The first-order chi connectivity index (χ1) is 22.0. The molecule has 0 aromatic heterocycles. The van der Waals surface area contributed by atoms with Crippen LogP contribution in [0.15, 0.2) is 60.7 Å². The fourth-order valence-electron chi connectivity index (χ4n) is 6.96. The Morgan fingerprint density at radius 2 is 0.708 bits per heavy atom. The summed E-state index contributed by atoms with van der Waals surface area (Å²) in [5.74, 6) is 0.805. The Bertz CT molecular complexity index is 1640. The second kappa shape index (κ2) is 13.4. The van der Waals surface area contributed by atoms with Gasteiger partial charge in [0.1, 0.15) is 11.5 Å². The van der Waals surface area contributed by atoms with Gasteiger partial charge in [-0.2, -0.15) is 0 Å². The standard InChI is InChI=1S/C46H62O2/c1-29-19-21-37(43(3,4)5)33(23-29)35-25-31(27-39(41(35)47)45(9,10)11)17-15-16-18-32-26-36(42(48)40(28-32)46(12,13)14)34-24-30(2)20-22-38(34)44(6,7)8/h19-28,47-48H,15-18H2,1-14H3. The van der Waals surface area contributed by atoms with Crippen LogP contribution >= 0.6 is 0 Å². The molecule has 0 saturated carbocycles. The van der Waals surface area contributed by atoms with Gasteiger partial charge in [0.15, 0.2) is 0 Å². The summed E-state index contributed by atoms with van der Waals surface area (Å²) in [4.78, 5) is 0. The van der Waals surface area contributed by atoms with Crippen LogP contribution in [0.4, 0.5) is 0 Å². The molecule has 48 heavy (non-hydrogen) atoms. The van der Waals surface area contributed by atoms with Crippen LogP contribution in [0.3, 0.4) is 0 Å². The van der Waals surface area contributed by atoms with Crippen molar-refractivity contribution in [1.29, 1.82) is 0 Å². The number of benzene rings is 4. The summed E-state index contributed by atoms with van der Waals surface area (Å²) in [6.07, 6.45) is 3.95. The summed E-state index contributed by atoms with van der Waals surface area (Å²) < 4.78 is 0. The van der Waals surface area contributed by atoms with Gasteiger partial charge in [-0.05, 0) is 107 Å². The topological polar surface area (TPSA) is 40.5 Å². The van der Waals surface area contributed by atoms with Crippen molar-refractivity contribution in [2.24, 2.45) is 0 Å². The van der Waals surface area contributed by atoms with Crippen LogP contribution in [-0.2, 0) is 34.5 Å². The Kier molecular flexibility index (Phi) is 10.4. The molecule has 258 valence electrons. The molecule has 0 amide bonds. The number of rotatable bonds is 7. The number of hydrogen-bond donors (Lipinski definition) is 2. The van der Waals surface area contributed by atoms with E-state index in [1.807, 2.05) is 0 Å². The summed E-state index contributed by atoms with van der Waals surface area (Å²) in [6, 6.07) is 22.2. The predicted molar refractivity (Wildman–Crippen MR) is 208 cm³/mol. The molecule has 0 bridgehead atoms. The molecule has 4 aromatic carbocycles. The Hall–Kier alpha value is -3.52. The van der Waals surface area contributed by atoms with E-state index in [-0.39, 0.29) is 21.7 Å². The maximum absolute atomic E-state index is 11.7. The van der Waals surface area contributed by atoms with Crippen molar-refractivity contribution >= 4 is 0 Å². The van der Waals surface area contributed by atoms with E-state index >= 15 is 0 Å². The van der Waals surface area contributed by atoms with Crippen LogP contribution in [0, 0.1) is 13.8 Å². The third-order valence-corrected chi connectivity index (χ3v) is 9.68. The normalized spacial score (nSPS) is 12.9. The van der Waals surface area contributed by atoms with Gasteiger partial charge in [-0.3, -0.25) is 0 Å². The van der Waals surface area contributed by atoms with Gasteiger partial charge in [0.2, 0.25) is 0 Å². The zero-order valence-electron chi connectivity index (χ0n) is 32.5. The fourth-order valence-corrected chi connectivity index (χ4v) is 6.96. The lowest BCUT2D eigenvalue weighted by Gasteiger charge is -2.27. The van der Waals surface area contributed by atoms with Crippen LogP contribution < -0.4 is 0 Å². The second-order valence-corrected chi connectivity index (χ2v) is 18.4. The predicted octanol–water partition coefficient (Wildman–Crippen LogP) is 12.8. The average molecular weight is 647 g/mol. The maximum atomic E-state index is 11.7. The molecule has 0 saturated heterocycles. The molecule has 0 heterocycles. The largest absolute Gasteiger partial charge is 0.507 e. The Balaban J connectivity index is 1.69. The highest BCUT2D eigenvalue weighted by atomic mass is 16.3. The Labute approximate surface area is 292 Å². The molecule has 0 spiro atoms. The summed E-state index contributed by atoms with van der Waals surface area (Å²) >= 11 is 0. The highest BCUT2D eigenvalue weighted by molar-refractivity contribution is 5.78. The van der Waals surface area contributed by atoms with Gasteiger partial charge in [-0.25, -0.2) is 0 Å². The maximum Gasteiger partial charge on any atom is 0.127 e. The summed E-state index contributed by atoms with van der Waals surface area (Å²) in [6.45, 7) is 30.8. The number of phenolic OH excluding ortho intramolecular Hbond substituents is 2. The minimum absolute atomic E-state index is 0.0473. The molecule has 2 nitrogen and oxygen atoms in total. The summed E-state index contributed by atoms with van der Waals surface area (Å²) in [5, 5.41) is 23.4. The van der Waals surface area contributed by atoms with Crippen molar-refractivity contribution in [3.05, 3.63) is 105 Å². The fraction of sp³-hybridized carbons (Fsp3) is 0.478. The lowest BCUT2D eigenvalue weighted by Crippen LogP contribution is -2.15.